The molecule has 2 aromatic carbocycles. The van der Waals surface area contributed by atoms with Gasteiger partial charge in [-0.15, -0.1) is 0 Å². The third-order valence-electron chi connectivity index (χ3n) is 5.09. The summed E-state index contributed by atoms with van der Waals surface area (Å²) in [6.07, 6.45) is 0.747. The summed E-state index contributed by atoms with van der Waals surface area (Å²) in [5.41, 5.74) is 4.47. The molecule has 0 bridgehead atoms. The third kappa shape index (κ3) is 6.12. The molecule has 1 atom stereocenters. The van der Waals surface area contributed by atoms with Crippen LogP contribution in [0.15, 0.2) is 41.4 Å². The van der Waals surface area contributed by atoms with E-state index in [0.29, 0.717) is 35.5 Å². The highest BCUT2D eigenvalue weighted by Crippen LogP contribution is 2.33. The van der Waals surface area contributed by atoms with E-state index in [1.165, 1.54) is 11.8 Å². The highest BCUT2D eigenvalue weighted by atomic mass is 35.5. The first-order valence-corrected chi connectivity index (χ1v) is 11.7. The van der Waals surface area contributed by atoms with Gasteiger partial charge in [-0.2, -0.15) is 0 Å². The number of carbonyl (C=O) groups excluding carboxylic acids is 2. The standard InChI is InChI=1S/C24H28ClN3O3S/c1-15-11-16(2)13-18(12-15)26-24-28(9-6-10-31-4)23(30)21(32-24)14-22(29)27-20-8-5-7-19(25)17(20)3/h5,7-8,11-13,21H,6,9-10,14H2,1-4H3,(H,27,29). The summed E-state index contributed by atoms with van der Waals surface area (Å²) in [5.74, 6) is -0.335. The largest absolute Gasteiger partial charge is 0.385 e. The number of halogens is 1. The van der Waals surface area contributed by atoms with E-state index >= 15 is 0 Å². The van der Waals surface area contributed by atoms with Gasteiger partial charge in [-0.25, -0.2) is 4.99 Å². The molecule has 32 heavy (non-hydrogen) atoms. The summed E-state index contributed by atoms with van der Waals surface area (Å²) in [5, 5.41) is 3.55. The summed E-state index contributed by atoms with van der Waals surface area (Å²) in [6.45, 7) is 6.93. The summed E-state index contributed by atoms with van der Waals surface area (Å²) in [6, 6.07) is 11.4. The Bertz CT molecular complexity index is 1020. The van der Waals surface area contributed by atoms with Crippen molar-refractivity contribution in [2.75, 3.05) is 25.6 Å². The quantitative estimate of drug-likeness (QED) is 0.530. The molecule has 3 rings (SSSR count). The van der Waals surface area contributed by atoms with Crippen LogP contribution >= 0.6 is 23.4 Å². The topological polar surface area (TPSA) is 71.0 Å². The van der Waals surface area contributed by atoms with Gasteiger partial charge in [0.25, 0.3) is 0 Å². The van der Waals surface area contributed by atoms with E-state index in [-0.39, 0.29) is 18.2 Å². The smallest absolute Gasteiger partial charge is 0.242 e. The van der Waals surface area contributed by atoms with Gasteiger partial charge in [0.05, 0.1) is 5.69 Å². The normalized spacial score (nSPS) is 17.3. The molecule has 170 valence electrons. The SMILES string of the molecule is COCCCN1C(=O)C(CC(=O)Nc2cccc(Cl)c2C)SC1=Nc1cc(C)cc(C)c1. The molecule has 1 aliphatic rings. The zero-order chi connectivity index (χ0) is 23.3. The van der Waals surface area contributed by atoms with Crippen LogP contribution < -0.4 is 5.32 Å². The van der Waals surface area contributed by atoms with Gasteiger partial charge in [-0.1, -0.05) is 35.5 Å². The van der Waals surface area contributed by atoms with Gasteiger partial charge in [0.15, 0.2) is 5.17 Å². The number of ether oxygens (including phenoxy) is 1. The number of carbonyl (C=O) groups is 2. The van der Waals surface area contributed by atoms with E-state index in [2.05, 4.69) is 11.4 Å². The zero-order valence-corrected chi connectivity index (χ0v) is 20.3. The van der Waals surface area contributed by atoms with Crippen molar-refractivity contribution in [2.24, 2.45) is 4.99 Å². The fourth-order valence-corrected chi connectivity index (χ4v) is 4.89. The lowest BCUT2D eigenvalue weighted by atomic mass is 10.1. The van der Waals surface area contributed by atoms with Gasteiger partial charge < -0.3 is 10.1 Å². The molecule has 0 radical (unpaired) electrons. The van der Waals surface area contributed by atoms with Crippen molar-refractivity contribution >= 4 is 51.7 Å². The fraction of sp³-hybridized carbons (Fsp3) is 0.375. The average molecular weight is 474 g/mol. The van der Waals surface area contributed by atoms with Crippen LogP contribution in [0.5, 0.6) is 0 Å². The lowest BCUT2D eigenvalue weighted by molar-refractivity contribution is -0.128. The predicted octanol–water partition coefficient (Wildman–Crippen LogP) is 5.26. The summed E-state index contributed by atoms with van der Waals surface area (Å²) in [7, 11) is 1.63. The van der Waals surface area contributed by atoms with Gasteiger partial charge >= 0.3 is 0 Å². The molecule has 1 aliphatic heterocycles. The lowest BCUT2D eigenvalue weighted by Crippen LogP contribution is -2.34. The van der Waals surface area contributed by atoms with Crippen LogP contribution in [0.1, 0.15) is 29.5 Å². The van der Waals surface area contributed by atoms with Crippen LogP contribution in [-0.2, 0) is 14.3 Å². The number of benzene rings is 2. The molecule has 0 spiro atoms. The first-order valence-electron chi connectivity index (χ1n) is 10.5. The molecule has 0 aliphatic carbocycles. The van der Waals surface area contributed by atoms with E-state index < -0.39 is 5.25 Å². The van der Waals surface area contributed by atoms with Crippen molar-refractivity contribution in [2.45, 2.75) is 38.9 Å². The number of hydrogen-bond donors (Lipinski definition) is 1. The maximum absolute atomic E-state index is 13.1. The summed E-state index contributed by atoms with van der Waals surface area (Å²) in [4.78, 5) is 32.2. The van der Waals surface area contributed by atoms with Gasteiger partial charge in [0, 0.05) is 37.4 Å². The maximum atomic E-state index is 13.1. The van der Waals surface area contributed by atoms with E-state index in [0.717, 1.165) is 22.4 Å². The molecule has 1 unspecified atom stereocenters. The minimum atomic E-state index is -0.526. The first-order chi connectivity index (χ1) is 15.3. The van der Waals surface area contributed by atoms with Crippen LogP contribution in [0.3, 0.4) is 0 Å². The number of rotatable bonds is 8. The molecule has 6 nitrogen and oxygen atoms in total. The van der Waals surface area contributed by atoms with Crippen LogP contribution in [0, 0.1) is 20.8 Å². The van der Waals surface area contributed by atoms with E-state index in [9.17, 15) is 9.59 Å². The number of anilines is 1. The second-order valence-electron chi connectivity index (χ2n) is 7.85. The van der Waals surface area contributed by atoms with Gasteiger partial charge in [-0.3, -0.25) is 14.5 Å². The molecule has 8 heteroatoms. The molecule has 1 saturated heterocycles. The summed E-state index contributed by atoms with van der Waals surface area (Å²) >= 11 is 7.48. The highest BCUT2D eigenvalue weighted by Gasteiger charge is 2.39. The number of amidine groups is 1. The molecule has 0 saturated carbocycles. The van der Waals surface area contributed by atoms with Crippen LogP contribution in [0.25, 0.3) is 0 Å². The number of aryl methyl sites for hydroxylation is 2. The average Bonchev–Trinajstić information content (AvgIpc) is 2.99. The molecule has 1 fully saturated rings. The number of methoxy groups -OCH3 is 1. The molecule has 1 heterocycles. The van der Waals surface area contributed by atoms with Gasteiger partial charge in [-0.05, 0) is 68.1 Å². The van der Waals surface area contributed by atoms with Crippen LogP contribution in [-0.4, -0.2) is 47.4 Å². The molecule has 1 N–H and O–H groups in total. The second-order valence-corrected chi connectivity index (χ2v) is 9.42. The van der Waals surface area contributed by atoms with Crippen molar-refractivity contribution < 1.29 is 14.3 Å². The number of nitrogens with zero attached hydrogens (tertiary/aromatic N) is 2. The number of thioether (sulfide) groups is 1. The lowest BCUT2D eigenvalue weighted by Gasteiger charge is -2.16. The molecular formula is C24H28ClN3O3S. The molecule has 2 amide bonds. The molecule has 2 aromatic rings. The maximum Gasteiger partial charge on any atom is 0.242 e. The van der Waals surface area contributed by atoms with Crippen LogP contribution in [0.4, 0.5) is 11.4 Å². The Morgan fingerprint density at radius 1 is 1.22 bits per heavy atom. The molecule has 0 aromatic heterocycles. The predicted molar refractivity (Wildman–Crippen MR) is 132 cm³/mol. The zero-order valence-electron chi connectivity index (χ0n) is 18.8. The van der Waals surface area contributed by atoms with Gasteiger partial charge in [0.1, 0.15) is 5.25 Å². The van der Waals surface area contributed by atoms with E-state index in [4.69, 9.17) is 21.3 Å². The number of amides is 2. The monoisotopic (exact) mass is 473 g/mol. The van der Waals surface area contributed by atoms with Crippen molar-refractivity contribution in [3.63, 3.8) is 0 Å². The number of hydrogen-bond acceptors (Lipinski definition) is 5. The number of aliphatic imine (C=N–C) groups is 1. The molecular weight excluding hydrogens is 446 g/mol. The van der Waals surface area contributed by atoms with Crippen LogP contribution in [0.2, 0.25) is 5.02 Å². The van der Waals surface area contributed by atoms with Gasteiger partial charge in [0.2, 0.25) is 11.8 Å². The summed E-state index contributed by atoms with van der Waals surface area (Å²) < 4.78 is 5.14. The minimum Gasteiger partial charge on any atom is -0.385 e. The Labute approximate surface area is 198 Å². The Morgan fingerprint density at radius 2 is 1.94 bits per heavy atom. The minimum absolute atomic E-state index is 0.0576. The Hall–Kier alpha value is -2.35. The Morgan fingerprint density at radius 3 is 2.62 bits per heavy atom. The first kappa shape index (κ1) is 24.3. The van der Waals surface area contributed by atoms with Crippen molar-refractivity contribution in [3.05, 3.63) is 58.1 Å². The van der Waals surface area contributed by atoms with E-state index in [1.54, 1.807) is 30.2 Å². The Kier molecular flexibility index (Phi) is 8.34. The van der Waals surface area contributed by atoms with E-state index in [1.807, 2.05) is 32.9 Å². The Balaban J connectivity index is 1.78. The van der Waals surface area contributed by atoms with Crippen molar-refractivity contribution in [3.8, 4) is 0 Å². The second kappa shape index (κ2) is 11.0. The van der Waals surface area contributed by atoms with Crippen molar-refractivity contribution in [1.82, 2.24) is 4.90 Å². The van der Waals surface area contributed by atoms with Crippen molar-refractivity contribution in [1.29, 1.82) is 0 Å². The third-order valence-corrected chi connectivity index (χ3v) is 6.68. The highest BCUT2D eigenvalue weighted by molar-refractivity contribution is 8.15. The fourth-order valence-electron chi connectivity index (χ4n) is 3.54. The number of nitrogens with one attached hydrogen (secondary N) is 1.